The van der Waals surface area contributed by atoms with Crippen LogP contribution in [-0.4, -0.2) is 39.7 Å². The molecule has 110 valence electrons. The summed E-state index contributed by atoms with van der Waals surface area (Å²) in [6.07, 6.45) is 3.88. The van der Waals surface area contributed by atoms with Crippen LogP contribution in [0.1, 0.15) is 23.7 Å². The fourth-order valence-electron chi connectivity index (χ4n) is 1.70. The second-order valence-corrected chi connectivity index (χ2v) is 4.42. The van der Waals surface area contributed by atoms with Gasteiger partial charge in [0.05, 0.1) is 12.2 Å². The van der Waals surface area contributed by atoms with Gasteiger partial charge in [0.2, 0.25) is 5.91 Å². The Labute approximate surface area is 122 Å². The molecule has 2 N–H and O–H groups in total. The summed E-state index contributed by atoms with van der Waals surface area (Å²) in [4.78, 5) is 27.2. The quantitative estimate of drug-likeness (QED) is 0.811. The van der Waals surface area contributed by atoms with Crippen LogP contribution in [-0.2, 0) is 4.79 Å². The van der Waals surface area contributed by atoms with Crippen LogP contribution < -0.4 is 10.6 Å². The summed E-state index contributed by atoms with van der Waals surface area (Å²) in [6, 6.07) is 6.88. The monoisotopic (exact) mass is 287 g/mol. The number of benzene rings is 1. The van der Waals surface area contributed by atoms with Crippen molar-refractivity contribution in [1.82, 2.24) is 25.4 Å². The number of nitrogens with zero attached hydrogens (tertiary/aromatic N) is 3. The summed E-state index contributed by atoms with van der Waals surface area (Å²) in [5.41, 5.74) is 1.30. The van der Waals surface area contributed by atoms with Crippen molar-refractivity contribution in [3.8, 4) is 5.69 Å². The molecule has 7 heteroatoms. The second-order valence-electron chi connectivity index (χ2n) is 4.42. The van der Waals surface area contributed by atoms with Gasteiger partial charge in [0.1, 0.15) is 12.7 Å². The fraction of sp³-hybridized carbons (Fsp3) is 0.286. The van der Waals surface area contributed by atoms with Crippen LogP contribution in [0.25, 0.3) is 5.69 Å². The normalized spacial score (nSPS) is 10.1. The molecule has 21 heavy (non-hydrogen) atoms. The summed E-state index contributed by atoms with van der Waals surface area (Å²) in [7, 11) is 0. The molecule has 1 aromatic carbocycles. The number of amides is 2. The standard InChI is InChI=1S/C14H17N5O2/c1-2-7-16-13(20)8-17-14(21)11-3-5-12(6-4-11)19-10-15-9-18-19/h3-6,9-10H,2,7-8H2,1H3,(H,16,20)(H,17,21). The van der Waals surface area contributed by atoms with Crippen LogP contribution in [0.4, 0.5) is 0 Å². The Kier molecular flexibility index (Phi) is 5.03. The number of rotatable bonds is 6. The molecular formula is C14H17N5O2. The van der Waals surface area contributed by atoms with Crippen LogP contribution in [0.15, 0.2) is 36.9 Å². The molecule has 0 aliphatic carbocycles. The van der Waals surface area contributed by atoms with E-state index in [2.05, 4.69) is 20.7 Å². The largest absolute Gasteiger partial charge is 0.355 e. The molecular weight excluding hydrogens is 270 g/mol. The van der Waals surface area contributed by atoms with Crippen molar-refractivity contribution >= 4 is 11.8 Å². The number of carbonyl (C=O) groups is 2. The van der Waals surface area contributed by atoms with Crippen LogP contribution in [0.3, 0.4) is 0 Å². The Hall–Kier alpha value is -2.70. The van der Waals surface area contributed by atoms with E-state index in [0.717, 1.165) is 12.1 Å². The maximum Gasteiger partial charge on any atom is 0.251 e. The fourth-order valence-corrected chi connectivity index (χ4v) is 1.70. The lowest BCUT2D eigenvalue weighted by atomic mass is 10.2. The van der Waals surface area contributed by atoms with E-state index in [1.807, 2.05) is 6.92 Å². The van der Waals surface area contributed by atoms with E-state index in [9.17, 15) is 9.59 Å². The Morgan fingerprint density at radius 1 is 1.19 bits per heavy atom. The first-order chi connectivity index (χ1) is 10.2. The Bertz CT molecular complexity index is 592. The lowest BCUT2D eigenvalue weighted by Crippen LogP contribution is -2.37. The van der Waals surface area contributed by atoms with Crippen molar-refractivity contribution in [3.05, 3.63) is 42.5 Å². The molecule has 0 atom stereocenters. The molecule has 7 nitrogen and oxygen atoms in total. The van der Waals surface area contributed by atoms with E-state index in [4.69, 9.17) is 0 Å². The minimum Gasteiger partial charge on any atom is -0.355 e. The molecule has 0 saturated heterocycles. The van der Waals surface area contributed by atoms with Gasteiger partial charge in [0.25, 0.3) is 5.91 Å². The van der Waals surface area contributed by atoms with Gasteiger partial charge >= 0.3 is 0 Å². The zero-order valence-electron chi connectivity index (χ0n) is 11.7. The molecule has 2 rings (SSSR count). The molecule has 2 aromatic rings. The number of nitrogens with one attached hydrogen (secondary N) is 2. The minimum atomic E-state index is -0.285. The predicted octanol–water partition coefficient (Wildman–Crippen LogP) is 0.523. The highest BCUT2D eigenvalue weighted by Crippen LogP contribution is 2.07. The van der Waals surface area contributed by atoms with Gasteiger partial charge < -0.3 is 10.6 Å². The first-order valence-electron chi connectivity index (χ1n) is 6.70. The Morgan fingerprint density at radius 2 is 1.95 bits per heavy atom. The van der Waals surface area contributed by atoms with Crippen molar-refractivity contribution in [2.24, 2.45) is 0 Å². The zero-order valence-corrected chi connectivity index (χ0v) is 11.7. The lowest BCUT2D eigenvalue weighted by Gasteiger charge is -2.07. The zero-order chi connectivity index (χ0) is 15.1. The van der Waals surface area contributed by atoms with Crippen molar-refractivity contribution in [2.75, 3.05) is 13.1 Å². The van der Waals surface area contributed by atoms with Crippen molar-refractivity contribution in [1.29, 1.82) is 0 Å². The molecule has 0 fully saturated rings. The molecule has 0 saturated carbocycles. The molecule has 0 radical (unpaired) electrons. The summed E-state index contributed by atoms with van der Waals surface area (Å²) in [5, 5.41) is 9.27. The summed E-state index contributed by atoms with van der Waals surface area (Å²) in [5.74, 6) is -0.476. The minimum absolute atomic E-state index is 0.0241. The lowest BCUT2D eigenvalue weighted by molar-refractivity contribution is -0.120. The Balaban J connectivity index is 1.90. The van der Waals surface area contributed by atoms with E-state index in [1.54, 1.807) is 35.3 Å². The van der Waals surface area contributed by atoms with Gasteiger partial charge in [-0.3, -0.25) is 9.59 Å². The smallest absolute Gasteiger partial charge is 0.251 e. The van der Waals surface area contributed by atoms with Gasteiger partial charge in [-0.05, 0) is 30.7 Å². The molecule has 0 bridgehead atoms. The van der Waals surface area contributed by atoms with Crippen molar-refractivity contribution < 1.29 is 9.59 Å². The van der Waals surface area contributed by atoms with Gasteiger partial charge in [0.15, 0.2) is 0 Å². The molecule has 0 unspecified atom stereocenters. The highest BCUT2D eigenvalue weighted by molar-refractivity contribution is 5.96. The predicted molar refractivity (Wildman–Crippen MR) is 77.0 cm³/mol. The Morgan fingerprint density at radius 3 is 2.57 bits per heavy atom. The van der Waals surface area contributed by atoms with Crippen molar-refractivity contribution in [2.45, 2.75) is 13.3 Å². The molecule has 0 aliphatic rings. The van der Waals surface area contributed by atoms with Crippen LogP contribution >= 0.6 is 0 Å². The van der Waals surface area contributed by atoms with E-state index < -0.39 is 0 Å². The maximum atomic E-state index is 11.9. The van der Waals surface area contributed by atoms with Gasteiger partial charge in [-0.2, -0.15) is 5.10 Å². The third-order valence-electron chi connectivity index (χ3n) is 2.79. The molecule has 1 heterocycles. The maximum absolute atomic E-state index is 11.9. The average molecular weight is 287 g/mol. The van der Waals surface area contributed by atoms with Crippen LogP contribution in [0, 0.1) is 0 Å². The molecule has 0 aliphatic heterocycles. The summed E-state index contributed by atoms with van der Waals surface area (Å²) >= 11 is 0. The van der Waals surface area contributed by atoms with E-state index in [0.29, 0.717) is 12.1 Å². The first kappa shape index (κ1) is 14.7. The van der Waals surface area contributed by atoms with Gasteiger partial charge in [-0.25, -0.2) is 9.67 Å². The van der Waals surface area contributed by atoms with E-state index in [-0.39, 0.29) is 18.4 Å². The summed E-state index contributed by atoms with van der Waals surface area (Å²) in [6.45, 7) is 2.56. The summed E-state index contributed by atoms with van der Waals surface area (Å²) < 4.78 is 1.60. The molecule has 2 amide bonds. The number of aromatic nitrogens is 3. The topological polar surface area (TPSA) is 88.9 Å². The van der Waals surface area contributed by atoms with Crippen molar-refractivity contribution in [3.63, 3.8) is 0 Å². The van der Waals surface area contributed by atoms with Crippen LogP contribution in [0.5, 0.6) is 0 Å². The second kappa shape index (κ2) is 7.18. The first-order valence-corrected chi connectivity index (χ1v) is 6.70. The highest BCUT2D eigenvalue weighted by atomic mass is 16.2. The van der Waals surface area contributed by atoms with Gasteiger partial charge in [-0.1, -0.05) is 6.92 Å². The third-order valence-corrected chi connectivity index (χ3v) is 2.79. The van der Waals surface area contributed by atoms with Crippen LogP contribution in [0.2, 0.25) is 0 Å². The average Bonchev–Trinajstić information content (AvgIpc) is 3.05. The van der Waals surface area contributed by atoms with Gasteiger partial charge in [0, 0.05) is 12.1 Å². The van der Waals surface area contributed by atoms with E-state index in [1.165, 1.54) is 6.33 Å². The van der Waals surface area contributed by atoms with E-state index >= 15 is 0 Å². The highest BCUT2D eigenvalue weighted by Gasteiger charge is 2.08. The number of hydrogen-bond acceptors (Lipinski definition) is 4. The number of carbonyl (C=O) groups excluding carboxylic acids is 2. The number of hydrogen-bond donors (Lipinski definition) is 2. The third kappa shape index (κ3) is 4.13. The SMILES string of the molecule is CCCNC(=O)CNC(=O)c1ccc(-n2cncn2)cc1. The molecule has 1 aromatic heterocycles. The van der Waals surface area contributed by atoms with Gasteiger partial charge in [-0.15, -0.1) is 0 Å². The molecule has 0 spiro atoms.